The van der Waals surface area contributed by atoms with Gasteiger partial charge in [0.2, 0.25) is 5.91 Å². The van der Waals surface area contributed by atoms with Crippen LogP contribution in [0.1, 0.15) is 36.1 Å². The second kappa shape index (κ2) is 9.89. The van der Waals surface area contributed by atoms with Crippen molar-refractivity contribution >= 4 is 23.9 Å². The molecule has 0 saturated heterocycles. The monoisotopic (exact) mass is 475 g/mol. The van der Waals surface area contributed by atoms with Crippen molar-refractivity contribution < 1.29 is 33.3 Å². The Hall–Kier alpha value is -4.33. The van der Waals surface area contributed by atoms with Crippen molar-refractivity contribution in [3.8, 4) is 11.5 Å². The molecule has 0 radical (unpaired) electrons. The number of carbonyl (C=O) groups is 3. The number of para-hydroxylation sites is 1. The van der Waals surface area contributed by atoms with Gasteiger partial charge in [-0.1, -0.05) is 42.5 Å². The largest absolute Gasteiger partial charge is 0.513 e. The lowest BCUT2D eigenvalue weighted by atomic mass is 9.70. The molecular formula is C27H25NO7. The zero-order valence-electron chi connectivity index (χ0n) is 19.6. The number of hydrogen-bond donors (Lipinski definition) is 1. The van der Waals surface area contributed by atoms with Crippen LogP contribution in [-0.4, -0.2) is 31.4 Å². The highest BCUT2D eigenvalue weighted by molar-refractivity contribution is 6.12. The van der Waals surface area contributed by atoms with Crippen LogP contribution in [0.4, 0.5) is 15.3 Å². The minimum Gasteiger partial charge on any atom is -0.434 e. The molecule has 8 nitrogen and oxygen atoms in total. The summed E-state index contributed by atoms with van der Waals surface area (Å²) in [5, 5.41) is 3.03. The van der Waals surface area contributed by atoms with Gasteiger partial charge in [-0.15, -0.1) is 0 Å². The molecule has 0 bridgehead atoms. The number of carbonyl (C=O) groups excluding carboxylic acids is 3. The van der Waals surface area contributed by atoms with Crippen LogP contribution >= 0.6 is 0 Å². The molecule has 0 aromatic heterocycles. The van der Waals surface area contributed by atoms with E-state index in [1.807, 2.05) is 25.1 Å². The van der Waals surface area contributed by atoms with Crippen LogP contribution in [0.15, 0.2) is 66.7 Å². The Kier molecular flexibility index (Phi) is 6.73. The third-order valence-electron chi connectivity index (χ3n) is 5.76. The van der Waals surface area contributed by atoms with Gasteiger partial charge in [-0.2, -0.15) is 0 Å². The molecule has 0 atom stereocenters. The molecule has 0 saturated carbocycles. The van der Waals surface area contributed by atoms with E-state index in [1.54, 1.807) is 62.4 Å². The van der Waals surface area contributed by atoms with Gasteiger partial charge in [0.25, 0.3) is 0 Å². The summed E-state index contributed by atoms with van der Waals surface area (Å²) in [6.07, 6.45) is -1.60. The van der Waals surface area contributed by atoms with Crippen LogP contribution in [0.5, 0.6) is 11.5 Å². The molecule has 3 aromatic carbocycles. The number of rotatable bonds is 6. The zero-order valence-corrected chi connectivity index (χ0v) is 19.6. The molecule has 0 aliphatic carbocycles. The first-order chi connectivity index (χ1) is 16.9. The molecule has 1 aliphatic rings. The number of nitrogens with one attached hydrogen (secondary N) is 1. The Morgan fingerprint density at radius 2 is 1.26 bits per heavy atom. The maximum absolute atomic E-state index is 13.7. The van der Waals surface area contributed by atoms with Crippen molar-refractivity contribution in [2.45, 2.75) is 26.2 Å². The average molecular weight is 475 g/mol. The molecule has 1 heterocycles. The predicted molar refractivity (Wildman–Crippen MR) is 128 cm³/mol. The Balaban J connectivity index is 1.79. The zero-order chi connectivity index (χ0) is 25.0. The van der Waals surface area contributed by atoms with Crippen LogP contribution in [0.2, 0.25) is 0 Å². The SMILES string of the molecule is CCOC(=O)Oc1ccc(C2(c3ccc(OC(=O)OCC)cc3)C(=O)Nc3c(C)cccc32)cc1. The molecular weight excluding hydrogens is 450 g/mol. The van der Waals surface area contributed by atoms with E-state index < -0.39 is 17.7 Å². The Labute approximate surface area is 202 Å². The van der Waals surface area contributed by atoms with Gasteiger partial charge < -0.3 is 24.3 Å². The van der Waals surface area contributed by atoms with Crippen LogP contribution in [0.3, 0.4) is 0 Å². The van der Waals surface area contributed by atoms with Crippen molar-refractivity contribution in [3.63, 3.8) is 0 Å². The number of anilines is 1. The van der Waals surface area contributed by atoms with Crippen molar-refractivity contribution in [2.24, 2.45) is 0 Å². The van der Waals surface area contributed by atoms with Crippen LogP contribution in [-0.2, 0) is 19.7 Å². The summed E-state index contributed by atoms with van der Waals surface area (Å²) in [6.45, 7) is 5.71. The molecule has 0 unspecified atom stereocenters. The topological polar surface area (TPSA) is 100 Å². The van der Waals surface area contributed by atoms with E-state index >= 15 is 0 Å². The molecule has 1 aliphatic heterocycles. The number of ether oxygens (including phenoxy) is 4. The Morgan fingerprint density at radius 1 is 0.771 bits per heavy atom. The molecule has 1 N–H and O–H groups in total. The van der Waals surface area contributed by atoms with Gasteiger partial charge in [-0.05, 0) is 61.7 Å². The number of amides is 1. The summed E-state index contributed by atoms with van der Waals surface area (Å²) in [4.78, 5) is 37.1. The normalized spacial score (nSPS) is 13.4. The van der Waals surface area contributed by atoms with E-state index in [1.165, 1.54) is 0 Å². The Morgan fingerprint density at radius 3 is 1.71 bits per heavy atom. The van der Waals surface area contributed by atoms with Gasteiger partial charge in [-0.3, -0.25) is 4.79 Å². The van der Waals surface area contributed by atoms with Crippen molar-refractivity contribution in [1.29, 1.82) is 0 Å². The quantitative estimate of drug-likeness (QED) is 0.379. The lowest BCUT2D eigenvalue weighted by Gasteiger charge is -2.29. The lowest BCUT2D eigenvalue weighted by Crippen LogP contribution is -2.37. The van der Waals surface area contributed by atoms with Crippen LogP contribution in [0, 0.1) is 6.92 Å². The minimum atomic E-state index is -1.17. The van der Waals surface area contributed by atoms with E-state index in [-0.39, 0.29) is 19.1 Å². The fourth-order valence-corrected chi connectivity index (χ4v) is 4.25. The van der Waals surface area contributed by atoms with E-state index in [4.69, 9.17) is 18.9 Å². The molecule has 4 rings (SSSR count). The average Bonchev–Trinajstić information content (AvgIpc) is 3.14. The summed E-state index contributed by atoms with van der Waals surface area (Å²) in [5.41, 5.74) is 2.65. The first-order valence-electron chi connectivity index (χ1n) is 11.2. The third-order valence-corrected chi connectivity index (χ3v) is 5.76. The van der Waals surface area contributed by atoms with Crippen molar-refractivity contribution in [3.05, 3.63) is 89.0 Å². The number of benzene rings is 3. The summed E-state index contributed by atoms with van der Waals surface area (Å²) >= 11 is 0. The van der Waals surface area contributed by atoms with Crippen molar-refractivity contribution in [1.82, 2.24) is 0 Å². The molecule has 0 fully saturated rings. The lowest BCUT2D eigenvalue weighted by molar-refractivity contribution is -0.118. The van der Waals surface area contributed by atoms with E-state index in [0.717, 1.165) is 16.8 Å². The van der Waals surface area contributed by atoms with Gasteiger partial charge in [-0.25, -0.2) is 9.59 Å². The maximum atomic E-state index is 13.7. The minimum absolute atomic E-state index is 0.201. The van der Waals surface area contributed by atoms with E-state index in [2.05, 4.69) is 5.32 Å². The molecule has 8 heteroatoms. The highest BCUT2D eigenvalue weighted by atomic mass is 16.7. The van der Waals surface area contributed by atoms with Gasteiger partial charge in [0.1, 0.15) is 16.9 Å². The number of fused-ring (bicyclic) bond motifs is 1. The molecule has 35 heavy (non-hydrogen) atoms. The third kappa shape index (κ3) is 4.42. The van der Waals surface area contributed by atoms with E-state index in [9.17, 15) is 14.4 Å². The molecule has 0 spiro atoms. The smallest absolute Gasteiger partial charge is 0.434 e. The van der Waals surface area contributed by atoms with Gasteiger partial charge in [0.15, 0.2) is 0 Å². The van der Waals surface area contributed by atoms with Gasteiger partial charge >= 0.3 is 12.3 Å². The second-order valence-electron chi connectivity index (χ2n) is 7.82. The number of hydrogen-bond acceptors (Lipinski definition) is 7. The first kappa shape index (κ1) is 23.8. The van der Waals surface area contributed by atoms with Gasteiger partial charge in [0, 0.05) is 11.3 Å². The van der Waals surface area contributed by atoms with E-state index in [0.29, 0.717) is 22.6 Å². The molecule has 3 aromatic rings. The molecule has 1 amide bonds. The van der Waals surface area contributed by atoms with Crippen LogP contribution in [0.25, 0.3) is 0 Å². The summed E-state index contributed by atoms with van der Waals surface area (Å²) < 4.78 is 20.0. The number of aryl methyl sites for hydroxylation is 1. The fraction of sp³-hybridized carbons (Fsp3) is 0.222. The maximum Gasteiger partial charge on any atom is 0.513 e. The fourth-order valence-electron chi connectivity index (χ4n) is 4.25. The summed E-state index contributed by atoms with van der Waals surface area (Å²) in [7, 11) is 0. The van der Waals surface area contributed by atoms with Gasteiger partial charge in [0.05, 0.1) is 13.2 Å². The Bertz CT molecular complexity index is 1190. The highest BCUT2D eigenvalue weighted by Crippen LogP contribution is 2.49. The molecule has 180 valence electrons. The first-order valence-corrected chi connectivity index (χ1v) is 11.2. The van der Waals surface area contributed by atoms with Crippen molar-refractivity contribution in [2.75, 3.05) is 18.5 Å². The van der Waals surface area contributed by atoms with Crippen LogP contribution < -0.4 is 14.8 Å². The summed E-state index contributed by atoms with van der Waals surface area (Å²) in [6, 6.07) is 19.2. The standard InChI is InChI=1S/C27H25NO7/c1-4-32-25(30)34-20-13-9-18(10-14-20)27(22-8-6-7-17(3)23(22)28-24(27)29)19-11-15-21(16-12-19)35-26(31)33-5-2/h6-16H,4-5H2,1-3H3,(H,28,29). The predicted octanol–water partition coefficient (Wildman–Crippen LogP) is 5.35. The summed E-state index contributed by atoms with van der Waals surface area (Å²) in [5.74, 6) is 0.367. The second-order valence-corrected chi connectivity index (χ2v) is 7.82. The highest BCUT2D eigenvalue weighted by Gasteiger charge is 2.50.